The summed E-state index contributed by atoms with van der Waals surface area (Å²) in [5, 5.41) is 7.45. The zero-order chi connectivity index (χ0) is 13.8. The lowest BCUT2D eigenvalue weighted by molar-refractivity contribution is 0.502. The van der Waals surface area contributed by atoms with Crippen LogP contribution in [0.3, 0.4) is 0 Å². The Balaban J connectivity index is 2.00. The third-order valence-electron chi connectivity index (χ3n) is 3.05. The smallest absolute Gasteiger partial charge is 0.255 e. The second-order valence-corrected chi connectivity index (χ2v) is 4.60. The van der Waals surface area contributed by atoms with E-state index in [2.05, 4.69) is 20.4 Å². The molecule has 2 rings (SSSR count). The van der Waals surface area contributed by atoms with Crippen LogP contribution in [0.4, 0.5) is 0 Å². The van der Waals surface area contributed by atoms with Gasteiger partial charge in [0.25, 0.3) is 5.56 Å². The normalized spacial score (nSPS) is 12.6. The predicted octanol–water partition coefficient (Wildman–Crippen LogP) is 0.934. The Hall–Kier alpha value is -1.95. The molecule has 0 aliphatic heterocycles. The van der Waals surface area contributed by atoms with Gasteiger partial charge in [-0.1, -0.05) is 0 Å². The first kappa shape index (κ1) is 13.5. The summed E-state index contributed by atoms with van der Waals surface area (Å²) in [6.07, 6.45) is 3.67. The molecule has 2 aromatic heterocycles. The molecule has 0 saturated carbocycles. The Morgan fingerprint density at radius 3 is 2.89 bits per heavy atom. The van der Waals surface area contributed by atoms with Gasteiger partial charge in [-0.05, 0) is 26.8 Å². The van der Waals surface area contributed by atoms with Gasteiger partial charge in [0.05, 0.1) is 12.1 Å². The molecule has 2 heterocycles. The summed E-state index contributed by atoms with van der Waals surface area (Å²) in [5.41, 5.74) is 1.41. The van der Waals surface area contributed by atoms with Gasteiger partial charge in [0.2, 0.25) is 0 Å². The van der Waals surface area contributed by atoms with Gasteiger partial charge in [-0.15, -0.1) is 0 Å². The lowest BCUT2D eigenvalue weighted by Gasteiger charge is -2.15. The van der Waals surface area contributed by atoms with Crippen LogP contribution in [0.25, 0.3) is 0 Å². The molecule has 0 bridgehead atoms. The minimum Gasteiger partial charge on any atom is -0.310 e. The van der Waals surface area contributed by atoms with E-state index in [0.717, 1.165) is 18.8 Å². The highest BCUT2D eigenvalue weighted by molar-refractivity contribution is 5.19. The molecule has 2 N–H and O–H groups in total. The zero-order valence-corrected chi connectivity index (χ0v) is 11.5. The molecule has 0 radical (unpaired) electrons. The van der Waals surface area contributed by atoms with Gasteiger partial charge >= 0.3 is 0 Å². The number of hydrogen-bond donors (Lipinski definition) is 2. The fraction of sp³-hybridized carbons (Fsp3) is 0.462. The number of H-pyrrole nitrogens is 1. The molecule has 1 atom stereocenters. The van der Waals surface area contributed by atoms with Crippen molar-refractivity contribution in [3.63, 3.8) is 0 Å². The van der Waals surface area contributed by atoms with E-state index in [0.29, 0.717) is 11.4 Å². The number of rotatable bonds is 5. The molecule has 0 aliphatic carbocycles. The van der Waals surface area contributed by atoms with Gasteiger partial charge in [-0.3, -0.25) is 9.48 Å². The van der Waals surface area contributed by atoms with E-state index in [4.69, 9.17) is 0 Å². The van der Waals surface area contributed by atoms with E-state index in [1.54, 1.807) is 13.1 Å². The van der Waals surface area contributed by atoms with Gasteiger partial charge < -0.3 is 10.3 Å². The quantitative estimate of drug-likeness (QED) is 0.839. The molecule has 0 spiro atoms. The largest absolute Gasteiger partial charge is 0.310 e. The van der Waals surface area contributed by atoms with Crippen LogP contribution in [0.5, 0.6) is 0 Å². The molecule has 6 heteroatoms. The minimum atomic E-state index is -0.0657. The highest BCUT2D eigenvalue weighted by Crippen LogP contribution is 2.10. The topological polar surface area (TPSA) is 75.6 Å². The first-order chi connectivity index (χ1) is 9.08. The maximum Gasteiger partial charge on any atom is 0.255 e. The Morgan fingerprint density at radius 2 is 2.26 bits per heavy atom. The average molecular weight is 261 g/mol. The van der Waals surface area contributed by atoms with Gasteiger partial charge in [0, 0.05) is 30.7 Å². The minimum absolute atomic E-state index is 0.0348. The summed E-state index contributed by atoms with van der Waals surface area (Å²) in [5.74, 6) is 0.648. The molecule has 1 unspecified atom stereocenters. The van der Waals surface area contributed by atoms with Crippen LogP contribution in [0.1, 0.15) is 30.0 Å². The maximum atomic E-state index is 11.9. The van der Waals surface area contributed by atoms with Gasteiger partial charge in [-0.25, -0.2) is 4.98 Å². The van der Waals surface area contributed by atoms with E-state index in [1.807, 2.05) is 30.8 Å². The van der Waals surface area contributed by atoms with Gasteiger partial charge in [0.1, 0.15) is 5.82 Å². The first-order valence-electron chi connectivity index (χ1n) is 6.36. The van der Waals surface area contributed by atoms with Crippen molar-refractivity contribution in [1.82, 2.24) is 25.1 Å². The van der Waals surface area contributed by atoms with Crippen molar-refractivity contribution in [2.45, 2.75) is 33.4 Å². The van der Waals surface area contributed by atoms with E-state index < -0.39 is 0 Å². The Morgan fingerprint density at radius 1 is 1.47 bits per heavy atom. The number of aromatic nitrogens is 4. The van der Waals surface area contributed by atoms with Crippen LogP contribution >= 0.6 is 0 Å². The Labute approximate surface area is 111 Å². The molecule has 0 aromatic carbocycles. The fourth-order valence-electron chi connectivity index (χ4n) is 2.18. The van der Waals surface area contributed by atoms with E-state index in [-0.39, 0.29) is 11.6 Å². The summed E-state index contributed by atoms with van der Waals surface area (Å²) < 4.78 is 1.85. The number of aryl methyl sites for hydroxylation is 2. The van der Waals surface area contributed by atoms with Crippen molar-refractivity contribution in [3.8, 4) is 0 Å². The molecule has 0 aliphatic rings. The third kappa shape index (κ3) is 3.29. The van der Waals surface area contributed by atoms with Crippen LogP contribution < -0.4 is 10.9 Å². The number of aromatic amines is 1. The molecule has 2 aromatic rings. The van der Waals surface area contributed by atoms with Gasteiger partial charge in [-0.2, -0.15) is 5.10 Å². The van der Waals surface area contributed by atoms with E-state index in [1.165, 1.54) is 0 Å². The van der Waals surface area contributed by atoms with E-state index >= 15 is 0 Å². The van der Waals surface area contributed by atoms with E-state index in [9.17, 15) is 4.79 Å². The highest BCUT2D eigenvalue weighted by Gasteiger charge is 2.13. The number of nitrogens with zero attached hydrogens (tertiary/aromatic N) is 3. The second-order valence-electron chi connectivity index (χ2n) is 4.60. The van der Waals surface area contributed by atoms with Crippen LogP contribution in [0.2, 0.25) is 0 Å². The SMILES string of the molecule is Cc1nc(C)c(C(C)NCCn2cccn2)c(=O)[nH]1. The summed E-state index contributed by atoms with van der Waals surface area (Å²) in [7, 11) is 0. The first-order valence-corrected chi connectivity index (χ1v) is 6.36. The molecule has 0 saturated heterocycles. The van der Waals surface area contributed by atoms with Crippen LogP contribution in [0.15, 0.2) is 23.3 Å². The molecule has 0 amide bonds. The molecule has 102 valence electrons. The third-order valence-corrected chi connectivity index (χ3v) is 3.05. The van der Waals surface area contributed by atoms with Crippen molar-refractivity contribution in [2.24, 2.45) is 0 Å². The molecular formula is C13H19N5O. The van der Waals surface area contributed by atoms with Crippen molar-refractivity contribution in [2.75, 3.05) is 6.54 Å². The van der Waals surface area contributed by atoms with Crippen molar-refractivity contribution < 1.29 is 0 Å². The Bertz CT molecular complexity index is 588. The number of hydrogen-bond acceptors (Lipinski definition) is 4. The highest BCUT2D eigenvalue weighted by atomic mass is 16.1. The monoisotopic (exact) mass is 261 g/mol. The summed E-state index contributed by atoms with van der Waals surface area (Å²) in [4.78, 5) is 19.0. The number of nitrogens with one attached hydrogen (secondary N) is 2. The van der Waals surface area contributed by atoms with Crippen molar-refractivity contribution in [1.29, 1.82) is 0 Å². The van der Waals surface area contributed by atoms with Gasteiger partial charge in [0.15, 0.2) is 0 Å². The average Bonchev–Trinajstić information content (AvgIpc) is 2.80. The second kappa shape index (κ2) is 5.79. The standard InChI is InChI=1S/C13H19N5O/c1-9(14-6-8-18-7-4-5-15-18)12-10(2)16-11(3)17-13(12)19/h4-5,7,9,14H,6,8H2,1-3H3,(H,16,17,19). The summed E-state index contributed by atoms with van der Waals surface area (Å²) in [6.45, 7) is 7.14. The summed E-state index contributed by atoms with van der Waals surface area (Å²) >= 11 is 0. The Kier molecular flexibility index (Phi) is 4.11. The van der Waals surface area contributed by atoms with Crippen molar-refractivity contribution >= 4 is 0 Å². The van der Waals surface area contributed by atoms with Crippen molar-refractivity contribution in [3.05, 3.63) is 45.9 Å². The predicted molar refractivity (Wildman–Crippen MR) is 73.0 cm³/mol. The fourth-order valence-corrected chi connectivity index (χ4v) is 2.18. The van der Waals surface area contributed by atoms with Crippen LogP contribution in [-0.2, 0) is 6.54 Å². The summed E-state index contributed by atoms with van der Waals surface area (Å²) in [6, 6.07) is 1.86. The molecule has 0 fully saturated rings. The lowest BCUT2D eigenvalue weighted by Crippen LogP contribution is -2.30. The van der Waals surface area contributed by atoms with Crippen LogP contribution in [-0.4, -0.2) is 26.3 Å². The molecule has 19 heavy (non-hydrogen) atoms. The molecular weight excluding hydrogens is 242 g/mol. The maximum absolute atomic E-state index is 11.9. The lowest BCUT2D eigenvalue weighted by atomic mass is 10.1. The zero-order valence-electron chi connectivity index (χ0n) is 11.5. The molecule has 6 nitrogen and oxygen atoms in total. The van der Waals surface area contributed by atoms with Crippen LogP contribution in [0, 0.1) is 13.8 Å².